The number of hydrogen-bond donors (Lipinski definition) is 1. The number of aryl methyl sites for hydroxylation is 1. The fourth-order valence-corrected chi connectivity index (χ4v) is 2.03. The van der Waals surface area contributed by atoms with Crippen molar-refractivity contribution in [3.63, 3.8) is 0 Å². The van der Waals surface area contributed by atoms with Crippen LogP contribution in [0.15, 0.2) is 36.4 Å². The van der Waals surface area contributed by atoms with E-state index < -0.39 is 0 Å². The number of anilines is 1. The van der Waals surface area contributed by atoms with Crippen LogP contribution in [0.1, 0.15) is 23.6 Å². The Balaban J connectivity index is 2.11. The number of benzene rings is 2. The summed E-state index contributed by atoms with van der Waals surface area (Å²) in [6.07, 6.45) is 0.942. The molecule has 4 nitrogen and oxygen atoms in total. The fraction of sp³-hybridized carbons (Fsp3) is 0.235. The zero-order valence-corrected chi connectivity index (χ0v) is 12.2. The average molecular weight is 282 g/mol. The molecule has 2 N–H and O–H groups in total. The van der Waals surface area contributed by atoms with Crippen LogP contribution in [-0.4, -0.2) is 7.11 Å². The molecule has 0 spiro atoms. The van der Waals surface area contributed by atoms with Crippen LogP contribution in [0.25, 0.3) is 0 Å². The molecule has 0 aliphatic heterocycles. The summed E-state index contributed by atoms with van der Waals surface area (Å²) in [5.41, 5.74) is 9.21. The number of ether oxygens (including phenoxy) is 2. The van der Waals surface area contributed by atoms with Crippen molar-refractivity contribution in [2.24, 2.45) is 0 Å². The molecule has 0 unspecified atom stereocenters. The Bertz CT molecular complexity index is 675. The summed E-state index contributed by atoms with van der Waals surface area (Å²) >= 11 is 0. The van der Waals surface area contributed by atoms with Gasteiger partial charge in [-0.3, -0.25) is 0 Å². The van der Waals surface area contributed by atoms with Gasteiger partial charge in [-0.2, -0.15) is 5.26 Å². The summed E-state index contributed by atoms with van der Waals surface area (Å²) in [4.78, 5) is 0. The largest absolute Gasteiger partial charge is 0.495 e. The van der Waals surface area contributed by atoms with Crippen LogP contribution in [-0.2, 0) is 13.0 Å². The summed E-state index contributed by atoms with van der Waals surface area (Å²) in [6, 6.07) is 13.3. The Labute approximate surface area is 124 Å². The number of nitrogens with zero attached hydrogens (tertiary/aromatic N) is 1. The van der Waals surface area contributed by atoms with Crippen LogP contribution >= 0.6 is 0 Å². The summed E-state index contributed by atoms with van der Waals surface area (Å²) in [7, 11) is 1.54. The first-order valence-corrected chi connectivity index (χ1v) is 6.76. The van der Waals surface area contributed by atoms with Crippen molar-refractivity contribution in [2.45, 2.75) is 20.0 Å². The summed E-state index contributed by atoms with van der Waals surface area (Å²) < 4.78 is 10.9. The Morgan fingerprint density at radius 3 is 2.48 bits per heavy atom. The smallest absolute Gasteiger partial charge is 0.142 e. The third-order valence-electron chi connectivity index (χ3n) is 3.26. The summed E-state index contributed by atoms with van der Waals surface area (Å²) in [5.74, 6) is 1.21. The van der Waals surface area contributed by atoms with E-state index >= 15 is 0 Å². The van der Waals surface area contributed by atoms with Gasteiger partial charge in [0.15, 0.2) is 0 Å². The van der Waals surface area contributed by atoms with E-state index in [0.717, 1.165) is 12.0 Å². The van der Waals surface area contributed by atoms with E-state index in [-0.39, 0.29) is 0 Å². The first-order valence-electron chi connectivity index (χ1n) is 6.76. The predicted octanol–water partition coefficient (Wildman–Crippen LogP) is 3.29. The molecular formula is C17H18N2O2. The van der Waals surface area contributed by atoms with Gasteiger partial charge in [-0.1, -0.05) is 19.1 Å². The third-order valence-corrected chi connectivity index (χ3v) is 3.26. The van der Waals surface area contributed by atoms with Crippen LogP contribution in [0.2, 0.25) is 0 Å². The highest BCUT2D eigenvalue weighted by atomic mass is 16.5. The molecular weight excluding hydrogens is 264 g/mol. The lowest BCUT2D eigenvalue weighted by molar-refractivity contribution is 0.307. The van der Waals surface area contributed by atoms with Crippen LogP contribution in [0, 0.1) is 11.3 Å². The van der Waals surface area contributed by atoms with E-state index in [4.69, 9.17) is 20.5 Å². The van der Waals surface area contributed by atoms with E-state index in [1.54, 1.807) is 19.2 Å². The first-order chi connectivity index (χ1) is 10.2. The minimum atomic E-state index is 0.373. The monoisotopic (exact) mass is 282 g/mol. The zero-order chi connectivity index (χ0) is 15.2. The molecule has 0 heterocycles. The van der Waals surface area contributed by atoms with E-state index in [1.807, 2.05) is 24.3 Å². The standard InChI is InChI=1S/C17H18N2O2/c1-3-12-5-7-16(15(19)8-12)21-11-13-4-6-14(10-18)17(9-13)20-2/h4-9H,3,11,19H2,1-2H3. The van der Waals surface area contributed by atoms with E-state index in [9.17, 15) is 0 Å². The molecule has 21 heavy (non-hydrogen) atoms. The Morgan fingerprint density at radius 1 is 1.10 bits per heavy atom. The van der Waals surface area contributed by atoms with E-state index in [1.165, 1.54) is 5.56 Å². The van der Waals surface area contributed by atoms with Gasteiger partial charge in [0, 0.05) is 0 Å². The molecule has 0 bridgehead atoms. The SMILES string of the molecule is CCc1ccc(OCc2ccc(C#N)c(OC)c2)c(N)c1. The third kappa shape index (κ3) is 3.46. The fourth-order valence-electron chi connectivity index (χ4n) is 2.03. The molecule has 2 rings (SSSR count). The minimum Gasteiger partial charge on any atom is -0.495 e. The lowest BCUT2D eigenvalue weighted by Crippen LogP contribution is -2.00. The zero-order valence-electron chi connectivity index (χ0n) is 12.2. The summed E-state index contributed by atoms with van der Waals surface area (Å²) in [5, 5.41) is 8.96. The molecule has 0 atom stereocenters. The second-order valence-electron chi connectivity index (χ2n) is 4.66. The van der Waals surface area contributed by atoms with Gasteiger partial charge >= 0.3 is 0 Å². The van der Waals surface area contributed by atoms with Crippen molar-refractivity contribution in [3.8, 4) is 17.6 Å². The molecule has 0 saturated heterocycles. The van der Waals surface area contributed by atoms with Gasteiger partial charge in [0.05, 0.1) is 18.4 Å². The van der Waals surface area contributed by atoms with Gasteiger partial charge in [0.25, 0.3) is 0 Å². The molecule has 108 valence electrons. The molecule has 4 heteroatoms. The average Bonchev–Trinajstić information content (AvgIpc) is 2.53. The Hall–Kier alpha value is -2.67. The first kappa shape index (κ1) is 14.7. The quantitative estimate of drug-likeness (QED) is 0.854. The second kappa shape index (κ2) is 6.67. The van der Waals surface area contributed by atoms with Gasteiger partial charge in [0.1, 0.15) is 24.2 Å². The van der Waals surface area contributed by atoms with E-state index in [0.29, 0.717) is 29.4 Å². The lowest BCUT2D eigenvalue weighted by Gasteiger charge is -2.11. The van der Waals surface area contributed by atoms with Crippen molar-refractivity contribution in [1.82, 2.24) is 0 Å². The summed E-state index contributed by atoms with van der Waals surface area (Å²) in [6.45, 7) is 2.45. The lowest BCUT2D eigenvalue weighted by atomic mass is 10.1. The number of hydrogen-bond acceptors (Lipinski definition) is 4. The van der Waals surface area contributed by atoms with Crippen molar-refractivity contribution >= 4 is 5.69 Å². The molecule has 0 radical (unpaired) electrons. The van der Waals surface area contributed by atoms with Crippen molar-refractivity contribution in [3.05, 3.63) is 53.1 Å². The number of rotatable bonds is 5. The number of nitriles is 1. The number of methoxy groups -OCH3 is 1. The molecule has 2 aromatic rings. The highest BCUT2D eigenvalue weighted by Gasteiger charge is 2.06. The van der Waals surface area contributed by atoms with Crippen LogP contribution < -0.4 is 15.2 Å². The molecule has 0 aliphatic carbocycles. The van der Waals surface area contributed by atoms with Gasteiger partial charge in [0.2, 0.25) is 0 Å². The van der Waals surface area contributed by atoms with Crippen molar-refractivity contribution in [2.75, 3.05) is 12.8 Å². The Kier molecular flexibility index (Phi) is 4.68. The predicted molar refractivity (Wildman–Crippen MR) is 82.3 cm³/mol. The Morgan fingerprint density at radius 2 is 1.86 bits per heavy atom. The van der Waals surface area contributed by atoms with Gasteiger partial charge < -0.3 is 15.2 Å². The molecule has 0 aromatic heterocycles. The maximum atomic E-state index is 8.96. The molecule has 2 aromatic carbocycles. The topological polar surface area (TPSA) is 68.3 Å². The second-order valence-corrected chi connectivity index (χ2v) is 4.66. The normalized spacial score (nSPS) is 9.95. The molecule has 0 fully saturated rings. The molecule has 0 saturated carbocycles. The minimum absolute atomic E-state index is 0.373. The van der Waals surface area contributed by atoms with Crippen molar-refractivity contribution < 1.29 is 9.47 Å². The highest BCUT2D eigenvalue weighted by Crippen LogP contribution is 2.25. The maximum Gasteiger partial charge on any atom is 0.142 e. The van der Waals surface area contributed by atoms with Gasteiger partial charge in [-0.15, -0.1) is 0 Å². The number of nitrogens with two attached hydrogens (primary N) is 1. The molecule has 0 amide bonds. The maximum absolute atomic E-state index is 8.96. The van der Waals surface area contributed by atoms with Crippen molar-refractivity contribution in [1.29, 1.82) is 5.26 Å². The van der Waals surface area contributed by atoms with Crippen LogP contribution in [0.5, 0.6) is 11.5 Å². The van der Waals surface area contributed by atoms with Crippen LogP contribution in [0.3, 0.4) is 0 Å². The molecule has 0 aliphatic rings. The van der Waals surface area contributed by atoms with Crippen LogP contribution in [0.4, 0.5) is 5.69 Å². The highest BCUT2D eigenvalue weighted by molar-refractivity contribution is 5.54. The van der Waals surface area contributed by atoms with Gasteiger partial charge in [-0.05, 0) is 41.8 Å². The van der Waals surface area contributed by atoms with Gasteiger partial charge in [-0.25, -0.2) is 0 Å². The van der Waals surface area contributed by atoms with E-state index in [2.05, 4.69) is 13.0 Å². The number of nitrogen functional groups attached to an aromatic ring is 1.